The third-order valence-corrected chi connectivity index (χ3v) is 2.98. The van der Waals surface area contributed by atoms with Crippen molar-refractivity contribution in [1.82, 2.24) is 0 Å². The monoisotopic (exact) mass is 276 g/mol. The molecule has 20 heavy (non-hydrogen) atoms. The van der Waals surface area contributed by atoms with Crippen LogP contribution in [0.3, 0.4) is 0 Å². The van der Waals surface area contributed by atoms with Gasteiger partial charge in [0.1, 0.15) is 5.82 Å². The van der Waals surface area contributed by atoms with Crippen LogP contribution in [-0.2, 0) is 4.79 Å². The van der Waals surface area contributed by atoms with Crippen molar-refractivity contribution >= 4 is 12.0 Å². The van der Waals surface area contributed by atoms with Crippen LogP contribution in [0.5, 0.6) is 0 Å². The van der Waals surface area contributed by atoms with Crippen LogP contribution in [0.25, 0.3) is 6.08 Å². The van der Waals surface area contributed by atoms with Crippen LogP contribution in [0.15, 0.2) is 42.0 Å². The van der Waals surface area contributed by atoms with E-state index in [-0.39, 0.29) is 5.82 Å². The second-order valence-corrected chi connectivity index (χ2v) is 4.75. The summed E-state index contributed by atoms with van der Waals surface area (Å²) in [6, 6.07) is 6.19. The number of benzene rings is 1. The number of unbranched alkanes of at least 4 members (excludes halogenated alkanes) is 3. The van der Waals surface area contributed by atoms with Crippen LogP contribution in [0, 0.1) is 5.82 Å². The molecule has 0 bridgehead atoms. The lowest BCUT2D eigenvalue weighted by molar-refractivity contribution is -0.131. The average Bonchev–Trinajstić information content (AvgIpc) is 2.43. The summed E-state index contributed by atoms with van der Waals surface area (Å²) in [6.45, 7) is 2.15. The summed E-state index contributed by atoms with van der Waals surface area (Å²) in [7, 11) is 0. The Hall–Kier alpha value is -1.90. The lowest BCUT2D eigenvalue weighted by atomic mass is 10.0. The van der Waals surface area contributed by atoms with Crippen molar-refractivity contribution in [1.29, 1.82) is 0 Å². The maximum Gasteiger partial charge on any atom is 0.328 e. The van der Waals surface area contributed by atoms with E-state index in [1.165, 1.54) is 25.0 Å². The van der Waals surface area contributed by atoms with Gasteiger partial charge in [-0.1, -0.05) is 50.5 Å². The molecule has 0 saturated carbocycles. The van der Waals surface area contributed by atoms with Crippen molar-refractivity contribution in [2.75, 3.05) is 0 Å². The van der Waals surface area contributed by atoms with Gasteiger partial charge in [0.25, 0.3) is 0 Å². The standard InChI is InChI=1S/C17H21FO2/c1-2-3-4-5-6-14(9-12-17(19)20)13-15-7-10-16(18)11-8-15/h7-13H,2-6H2,1H3,(H,19,20)/b12-9?,14-13+. The molecule has 0 heterocycles. The van der Waals surface area contributed by atoms with Gasteiger partial charge < -0.3 is 5.11 Å². The maximum atomic E-state index is 12.9. The predicted octanol–water partition coefficient (Wildman–Crippen LogP) is 4.82. The summed E-state index contributed by atoms with van der Waals surface area (Å²) in [5.41, 5.74) is 1.84. The lowest BCUT2D eigenvalue weighted by Crippen LogP contribution is -1.88. The molecule has 0 aliphatic heterocycles. The number of carbonyl (C=O) groups is 1. The predicted molar refractivity (Wildman–Crippen MR) is 79.9 cm³/mol. The second-order valence-electron chi connectivity index (χ2n) is 4.75. The van der Waals surface area contributed by atoms with Crippen molar-refractivity contribution in [3.05, 3.63) is 53.4 Å². The zero-order valence-corrected chi connectivity index (χ0v) is 11.8. The van der Waals surface area contributed by atoms with Gasteiger partial charge in [-0.15, -0.1) is 0 Å². The van der Waals surface area contributed by atoms with Gasteiger partial charge in [0.2, 0.25) is 0 Å². The summed E-state index contributed by atoms with van der Waals surface area (Å²) >= 11 is 0. The lowest BCUT2D eigenvalue weighted by Gasteiger charge is -2.03. The van der Waals surface area contributed by atoms with E-state index in [2.05, 4.69) is 6.92 Å². The molecule has 1 aromatic carbocycles. The SMILES string of the molecule is CCCCCC/C(C=CC(=O)O)=C\c1ccc(F)cc1. The first-order valence-electron chi connectivity index (χ1n) is 6.99. The molecule has 0 aliphatic rings. The van der Waals surface area contributed by atoms with Crippen molar-refractivity contribution in [2.45, 2.75) is 39.0 Å². The Morgan fingerprint density at radius 3 is 2.45 bits per heavy atom. The molecule has 0 amide bonds. The van der Waals surface area contributed by atoms with Crippen LogP contribution in [0.4, 0.5) is 4.39 Å². The molecule has 0 aromatic heterocycles. The van der Waals surface area contributed by atoms with Gasteiger partial charge in [-0.05, 0) is 36.1 Å². The first-order valence-corrected chi connectivity index (χ1v) is 6.99. The normalized spacial score (nSPS) is 12.0. The topological polar surface area (TPSA) is 37.3 Å². The van der Waals surface area contributed by atoms with Crippen LogP contribution in [0.1, 0.15) is 44.6 Å². The molecule has 0 fully saturated rings. The molecule has 1 rings (SSSR count). The second kappa shape index (κ2) is 9.08. The highest BCUT2D eigenvalue weighted by Gasteiger charge is 1.98. The summed E-state index contributed by atoms with van der Waals surface area (Å²) in [4.78, 5) is 10.6. The third kappa shape index (κ3) is 6.88. The Bertz CT molecular complexity index is 472. The van der Waals surface area contributed by atoms with Crippen LogP contribution in [-0.4, -0.2) is 11.1 Å². The highest BCUT2D eigenvalue weighted by atomic mass is 19.1. The van der Waals surface area contributed by atoms with Gasteiger partial charge in [0.05, 0.1) is 0 Å². The number of carboxylic acid groups (broad SMARTS) is 1. The minimum absolute atomic E-state index is 0.271. The molecular formula is C17H21FO2. The zero-order valence-electron chi connectivity index (χ0n) is 11.8. The molecule has 0 spiro atoms. The molecule has 0 radical (unpaired) electrons. The molecular weight excluding hydrogens is 255 g/mol. The van der Waals surface area contributed by atoms with E-state index in [1.54, 1.807) is 18.2 Å². The van der Waals surface area contributed by atoms with Crippen molar-refractivity contribution in [2.24, 2.45) is 0 Å². The van der Waals surface area contributed by atoms with E-state index in [1.807, 2.05) is 6.08 Å². The number of allylic oxidation sites excluding steroid dienone is 2. The molecule has 1 aromatic rings. The summed E-state index contributed by atoms with van der Waals surface area (Å²) < 4.78 is 12.9. The summed E-state index contributed by atoms with van der Waals surface area (Å²) in [5, 5.41) is 8.71. The number of rotatable bonds is 8. The minimum Gasteiger partial charge on any atom is -0.478 e. The van der Waals surface area contributed by atoms with Gasteiger partial charge in [-0.2, -0.15) is 0 Å². The first kappa shape index (κ1) is 16.2. The molecule has 0 atom stereocenters. The summed E-state index contributed by atoms with van der Waals surface area (Å²) in [5.74, 6) is -1.23. The number of carboxylic acids is 1. The highest BCUT2D eigenvalue weighted by molar-refractivity contribution is 5.80. The third-order valence-electron chi connectivity index (χ3n) is 2.98. The van der Waals surface area contributed by atoms with E-state index < -0.39 is 5.97 Å². The number of hydrogen-bond donors (Lipinski definition) is 1. The quantitative estimate of drug-likeness (QED) is 0.420. The van der Waals surface area contributed by atoms with Crippen LogP contribution in [0.2, 0.25) is 0 Å². The Balaban J connectivity index is 2.74. The van der Waals surface area contributed by atoms with E-state index in [0.29, 0.717) is 0 Å². The average molecular weight is 276 g/mol. The van der Waals surface area contributed by atoms with Gasteiger partial charge >= 0.3 is 5.97 Å². The fourth-order valence-corrected chi connectivity index (χ4v) is 1.91. The van der Waals surface area contributed by atoms with E-state index in [0.717, 1.165) is 36.5 Å². The first-order chi connectivity index (χ1) is 9.61. The number of halogens is 1. The van der Waals surface area contributed by atoms with E-state index in [9.17, 15) is 9.18 Å². The fourth-order valence-electron chi connectivity index (χ4n) is 1.91. The van der Waals surface area contributed by atoms with Crippen LogP contribution >= 0.6 is 0 Å². The highest BCUT2D eigenvalue weighted by Crippen LogP contribution is 2.16. The van der Waals surface area contributed by atoms with E-state index >= 15 is 0 Å². The van der Waals surface area contributed by atoms with E-state index in [4.69, 9.17) is 5.11 Å². The Labute approximate surface area is 119 Å². The summed E-state index contributed by atoms with van der Waals surface area (Å²) in [6.07, 6.45) is 10.0. The molecule has 0 aliphatic carbocycles. The van der Waals surface area contributed by atoms with Crippen LogP contribution < -0.4 is 0 Å². The fraction of sp³-hybridized carbons (Fsp3) is 0.353. The van der Waals surface area contributed by atoms with Crippen molar-refractivity contribution in [3.63, 3.8) is 0 Å². The Morgan fingerprint density at radius 2 is 1.85 bits per heavy atom. The molecule has 3 heteroatoms. The largest absolute Gasteiger partial charge is 0.478 e. The molecule has 108 valence electrons. The van der Waals surface area contributed by atoms with Gasteiger partial charge in [-0.3, -0.25) is 0 Å². The minimum atomic E-state index is -0.955. The number of aliphatic carboxylic acids is 1. The van der Waals surface area contributed by atoms with Gasteiger partial charge in [0.15, 0.2) is 0 Å². The zero-order chi connectivity index (χ0) is 14.8. The Morgan fingerprint density at radius 1 is 1.15 bits per heavy atom. The van der Waals surface area contributed by atoms with Gasteiger partial charge in [0, 0.05) is 6.08 Å². The molecule has 1 N–H and O–H groups in total. The van der Waals surface area contributed by atoms with Gasteiger partial charge in [-0.25, -0.2) is 9.18 Å². The molecule has 2 nitrogen and oxygen atoms in total. The Kier molecular flexibility index (Phi) is 7.33. The maximum absolute atomic E-state index is 12.9. The molecule has 0 saturated heterocycles. The smallest absolute Gasteiger partial charge is 0.328 e. The van der Waals surface area contributed by atoms with Crippen molar-refractivity contribution in [3.8, 4) is 0 Å². The number of hydrogen-bond acceptors (Lipinski definition) is 1. The van der Waals surface area contributed by atoms with Crippen molar-refractivity contribution < 1.29 is 14.3 Å². The molecule has 0 unspecified atom stereocenters.